The molecule has 0 amide bonds. The molecule has 2 rings (SSSR count). The fourth-order valence-corrected chi connectivity index (χ4v) is 2.20. The van der Waals surface area contributed by atoms with Gasteiger partial charge >= 0.3 is 0 Å². The van der Waals surface area contributed by atoms with Crippen molar-refractivity contribution >= 4 is 5.78 Å². The van der Waals surface area contributed by atoms with E-state index in [1.807, 2.05) is 0 Å². The Morgan fingerprint density at radius 2 is 2.28 bits per heavy atom. The van der Waals surface area contributed by atoms with E-state index >= 15 is 0 Å². The van der Waals surface area contributed by atoms with E-state index in [0.717, 1.165) is 0 Å². The van der Waals surface area contributed by atoms with Crippen LogP contribution in [0.25, 0.3) is 0 Å². The van der Waals surface area contributed by atoms with Gasteiger partial charge in [0.15, 0.2) is 5.78 Å². The van der Waals surface area contributed by atoms with Crippen LogP contribution < -0.4 is 9.47 Å². The molecule has 5 nitrogen and oxygen atoms in total. The van der Waals surface area contributed by atoms with Crippen molar-refractivity contribution in [1.82, 2.24) is 0 Å². The number of ketones is 1. The number of ether oxygens (including phenoxy) is 2. The molecule has 18 heavy (non-hydrogen) atoms. The zero-order valence-corrected chi connectivity index (χ0v) is 10.4. The van der Waals surface area contributed by atoms with Crippen LogP contribution in [0.3, 0.4) is 0 Å². The van der Waals surface area contributed by atoms with Crippen molar-refractivity contribution in [1.29, 1.82) is 0 Å². The first kappa shape index (κ1) is 12.7. The third-order valence-electron chi connectivity index (χ3n) is 2.97. The second-order valence-electron chi connectivity index (χ2n) is 4.31. The molecule has 1 aromatic rings. The molecule has 5 heteroatoms. The Labute approximate surface area is 105 Å². The fourth-order valence-electron chi connectivity index (χ4n) is 2.20. The van der Waals surface area contributed by atoms with Crippen LogP contribution in [0, 0.1) is 0 Å². The number of aliphatic hydroxyl groups is 1. The minimum Gasteiger partial charge on any atom is -0.507 e. The van der Waals surface area contributed by atoms with E-state index in [0.29, 0.717) is 23.5 Å². The predicted molar refractivity (Wildman–Crippen MR) is 64.5 cm³/mol. The summed E-state index contributed by atoms with van der Waals surface area (Å²) >= 11 is 0. The van der Waals surface area contributed by atoms with Gasteiger partial charge in [0.2, 0.25) is 0 Å². The van der Waals surface area contributed by atoms with E-state index in [4.69, 9.17) is 14.6 Å². The molecule has 0 saturated carbocycles. The van der Waals surface area contributed by atoms with Gasteiger partial charge in [-0.05, 0) is 6.92 Å². The summed E-state index contributed by atoms with van der Waals surface area (Å²) < 4.78 is 10.8. The second-order valence-corrected chi connectivity index (χ2v) is 4.31. The van der Waals surface area contributed by atoms with Crippen LogP contribution in [0.15, 0.2) is 6.07 Å². The number of phenols is 1. The number of benzene rings is 1. The molecule has 0 saturated heterocycles. The molecule has 98 valence electrons. The number of hydrogen-bond acceptors (Lipinski definition) is 5. The largest absolute Gasteiger partial charge is 0.507 e. The Kier molecular flexibility index (Phi) is 3.43. The lowest BCUT2D eigenvalue weighted by molar-refractivity contribution is 0.0863. The van der Waals surface area contributed by atoms with E-state index in [1.54, 1.807) is 6.92 Å². The minimum atomic E-state index is -0.242. The van der Waals surface area contributed by atoms with Crippen LogP contribution in [0.4, 0.5) is 0 Å². The lowest BCUT2D eigenvalue weighted by Crippen LogP contribution is -2.25. The molecule has 1 unspecified atom stereocenters. The molecule has 0 fully saturated rings. The number of aliphatic hydroxyl groups excluding tert-OH is 1. The number of carbonyl (C=O) groups excluding carboxylic acids is 1. The van der Waals surface area contributed by atoms with E-state index < -0.39 is 0 Å². The van der Waals surface area contributed by atoms with Gasteiger partial charge in [-0.25, -0.2) is 0 Å². The highest BCUT2D eigenvalue weighted by Gasteiger charge is 2.30. The lowest BCUT2D eigenvalue weighted by atomic mass is 9.95. The monoisotopic (exact) mass is 252 g/mol. The van der Waals surface area contributed by atoms with Crippen LogP contribution in [0.5, 0.6) is 17.2 Å². The predicted octanol–water partition coefficient (Wildman–Crippen LogP) is 1.29. The fraction of sp³-hybridized carbons (Fsp3) is 0.462. The number of rotatable bonds is 3. The van der Waals surface area contributed by atoms with E-state index in [1.165, 1.54) is 13.2 Å². The highest BCUT2D eigenvalue weighted by molar-refractivity contribution is 6.03. The number of methoxy groups -OCH3 is 1. The van der Waals surface area contributed by atoms with Gasteiger partial charge in [-0.1, -0.05) is 0 Å². The molecule has 1 heterocycles. The van der Waals surface area contributed by atoms with Crippen molar-refractivity contribution in [3.8, 4) is 17.2 Å². The number of aromatic hydroxyl groups is 1. The maximum Gasteiger partial charge on any atom is 0.174 e. The van der Waals surface area contributed by atoms with Crippen molar-refractivity contribution in [2.24, 2.45) is 0 Å². The minimum absolute atomic E-state index is 0.0838. The summed E-state index contributed by atoms with van der Waals surface area (Å²) in [5.74, 6) is 0.468. The summed E-state index contributed by atoms with van der Waals surface area (Å²) in [4.78, 5) is 11.9. The molecule has 2 N–H and O–H groups in total. The van der Waals surface area contributed by atoms with Gasteiger partial charge in [-0.15, -0.1) is 0 Å². The van der Waals surface area contributed by atoms with Crippen molar-refractivity contribution < 1.29 is 24.5 Å². The Balaban J connectivity index is 2.64. The molecule has 0 spiro atoms. The third-order valence-corrected chi connectivity index (χ3v) is 2.97. The maximum atomic E-state index is 11.9. The first-order valence-electron chi connectivity index (χ1n) is 5.82. The van der Waals surface area contributed by atoms with Crippen molar-refractivity contribution in [2.45, 2.75) is 25.9 Å². The zero-order valence-electron chi connectivity index (χ0n) is 10.4. The number of Topliss-reactive ketones (excluding diaryl/α,β-unsaturated/α-hetero) is 1. The normalized spacial score (nSPS) is 18.2. The summed E-state index contributed by atoms with van der Waals surface area (Å²) in [5, 5.41) is 19.0. The van der Waals surface area contributed by atoms with Crippen molar-refractivity contribution in [3.05, 3.63) is 17.2 Å². The third kappa shape index (κ3) is 2.01. The molecule has 1 aliphatic rings. The topological polar surface area (TPSA) is 76.0 Å². The van der Waals surface area contributed by atoms with Crippen LogP contribution in [0.1, 0.15) is 29.3 Å². The molecule has 0 radical (unpaired) electrons. The van der Waals surface area contributed by atoms with Gasteiger partial charge in [-0.3, -0.25) is 4.79 Å². The summed E-state index contributed by atoms with van der Waals surface area (Å²) in [6.45, 7) is 1.71. The number of carbonyl (C=O) groups is 1. The van der Waals surface area contributed by atoms with E-state index in [9.17, 15) is 9.90 Å². The summed E-state index contributed by atoms with van der Waals surface area (Å²) in [6.07, 6.45) is 0.311. The summed E-state index contributed by atoms with van der Waals surface area (Å²) in [5.41, 5.74) is 0.810. The smallest absolute Gasteiger partial charge is 0.174 e. The van der Waals surface area contributed by atoms with Gasteiger partial charge in [-0.2, -0.15) is 0 Å². The Morgan fingerprint density at radius 1 is 1.56 bits per heavy atom. The maximum absolute atomic E-state index is 11.9. The van der Waals surface area contributed by atoms with Crippen LogP contribution in [-0.4, -0.2) is 35.8 Å². The van der Waals surface area contributed by atoms with E-state index in [-0.39, 0.29) is 36.2 Å². The molecular formula is C13H16O5. The average Bonchev–Trinajstić information content (AvgIpc) is 2.31. The number of phenolic OH excluding ortho intramolecular Hbond substituents is 1. The van der Waals surface area contributed by atoms with Crippen LogP contribution in [-0.2, 0) is 6.42 Å². The molecule has 1 atom stereocenters. The quantitative estimate of drug-likeness (QED) is 0.847. The lowest BCUT2D eigenvalue weighted by Gasteiger charge is -2.26. The van der Waals surface area contributed by atoms with Gasteiger partial charge in [0, 0.05) is 31.1 Å². The Morgan fingerprint density at radius 3 is 2.89 bits per heavy atom. The van der Waals surface area contributed by atoms with Gasteiger partial charge in [0.05, 0.1) is 7.11 Å². The zero-order chi connectivity index (χ0) is 13.3. The number of hydrogen-bond donors (Lipinski definition) is 2. The molecular weight excluding hydrogens is 236 g/mol. The molecule has 0 bridgehead atoms. The van der Waals surface area contributed by atoms with Crippen LogP contribution in [0.2, 0.25) is 0 Å². The van der Waals surface area contributed by atoms with Crippen LogP contribution >= 0.6 is 0 Å². The van der Waals surface area contributed by atoms with Gasteiger partial charge in [0.25, 0.3) is 0 Å². The summed E-state index contributed by atoms with van der Waals surface area (Å²) in [6, 6.07) is 1.39. The first-order valence-corrected chi connectivity index (χ1v) is 5.82. The molecule has 1 aliphatic heterocycles. The Bertz CT molecular complexity index is 481. The standard InChI is InChI=1S/C13H16O5/c1-7-5-9(15)12-10(16)6-11(17-2)8(3-4-14)13(12)18-7/h6-7,14,16H,3-5H2,1-2H3. The Hall–Kier alpha value is -1.75. The van der Waals surface area contributed by atoms with Gasteiger partial charge in [0.1, 0.15) is 28.9 Å². The highest BCUT2D eigenvalue weighted by Crippen LogP contribution is 2.42. The van der Waals surface area contributed by atoms with Crippen molar-refractivity contribution in [2.75, 3.05) is 13.7 Å². The molecule has 0 aliphatic carbocycles. The highest BCUT2D eigenvalue weighted by atomic mass is 16.5. The first-order chi connectivity index (χ1) is 8.58. The van der Waals surface area contributed by atoms with E-state index in [2.05, 4.69) is 0 Å². The molecule has 1 aromatic carbocycles. The number of fused-ring (bicyclic) bond motifs is 1. The second kappa shape index (κ2) is 4.86. The molecule has 0 aromatic heterocycles. The van der Waals surface area contributed by atoms with Crippen molar-refractivity contribution in [3.63, 3.8) is 0 Å². The average molecular weight is 252 g/mol. The SMILES string of the molecule is COc1cc(O)c2c(c1CCO)OC(C)CC2=O. The summed E-state index contributed by atoms with van der Waals surface area (Å²) in [7, 11) is 1.47. The van der Waals surface area contributed by atoms with Gasteiger partial charge < -0.3 is 19.7 Å².